The SMILES string of the molecule is COC(=O)[C@@H]1[C@@H](C)OC(C)(C)N1C(=O)OC(C)(C)C. The Hall–Kier alpha value is -1.30. The molecule has 0 aromatic rings. The van der Waals surface area contributed by atoms with E-state index in [1.807, 2.05) is 0 Å². The van der Waals surface area contributed by atoms with Crippen molar-refractivity contribution in [3.8, 4) is 0 Å². The molecule has 1 aliphatic heterocycles. The molecule has 1 rings (SSSR count). The molecule has 0 aromatic carbocycles. The third-order valence-electron chi connectivity index (χ3n) is 2.81. The van der Waals surface area contributed by atoms with E-state index in [0.717, 1.165) is 0 Å². The van der Waals surface area contributed by atoms with Crippen molar-refractivity contribution in [2.24, 2.45) is 0 Å². The summed E-state index contributed by atoms with van der Waals surface area (Å²) in [6.45, 7) is 10.5. The van der Waals surface area contributed by atoms with Crippen LogP contribution in [-0.4, -0.2) is 47.5 Å². The summed E-state index contributed by atoms with van der Waals surface area (Å²) >= 11 is 0. The van der Waals surface area contributed by atoms with Gasteiger partial charge in [0.25, 0.3) is 0 Å². The topological polar surface area (TPSA) is 65.1 Å². The first-order chi connectivity index (χ1) is 8.49. The van der Waals surface area contributed by atoms with E-state index in [-0.39, 0.29) is 0 Å². The summed E-state index contributed by atoms with van der Waals surface area (Å²) in [4.78, 5) is 25.4. The average Bonchev–Trinajstić information content (AvgIpc) is 2.44. The molecule has 19 heavy (non-hydrogen) atoms. The fourth-order valence-corrected chi connectivity index (χ4v) is 2.18. The van der Waals surface area contributed by atoms with Crippen LogP contribution in [0.3, 0.4) is 0 Å². The Morgan fingerprint density at radius 1 is 1.26 bits per heavy atom. The van der Waals surface area contributed by atoms with Gasteiger partial charge >= 0.3 is 12.1 Å². The second-order valence-corrected chi connectivity index (χ2v) is 6.09. The van der Waals surface area contributed by atoms with Crippen molar-refractivity contribution in [1.82, 2.24) is 4.90 Å². The first-order valence-electron chi connectivity index (χ1n) is 6.27. The smallest absolute Gasteiger partial charge is 0.413 e. The lowest BCUT2D eigenvalue weighted by molar-refractivity contribution is -0.147. The molecule has 110 valence electrons. The van der Waals surface area contributed by atoms with Crippen LogP contribution in [-0.2, 0) is 19.0 Å². The van der Waals surface area contributed by atoms with Gasteiger partial charge in [-0.25, -0.2) is 9.59 Å². The number of carbonyl (C=O) groups is 2. The molecule has 0 unspecified atom stereocenters. The molecule has 0 saturated carbocycles. The van der Waals surface area contributed by atoms with Gasteiger partial charge in [0, 0.05) is 0 Å². The lowest BCUT2D eigenvalue weighted by Crippen LogP contribution is -2.53. The van der Waals surface area contributed by atoms with E-state index in [1.54, 1.807) is 41.5 Å². The van der Waals surface area contributed by atoms with Crippen molar-refractivity contribution in [2.45, 2.75) is 65.0 Å². The third-order valence-corrected chi connectivity index (χ3v) is 2.81. The van der Waals surface area contributed by atoms with Gasteiger partial charge in [0.05, 0.1) is 13.2 Å². The number of hydrogen-bond acceptors (Lipinski definition) is 5. The van der Waals surface area contributed by atoms with Crippen LogP contribution in [0.25, 0.3) is 0 Å². The second-order valence-electron chi connectivity index (χ2n) is 6.09. The number of rotatable bonds is 1. The molecule has 0 bridgehead atoms. The average molecular weight is 273 g/mol. The summed E-state index contributed by atoms with van der Waals surface area (Å²) in [6.07, 6.45) is -1.03. The van der Waals surface area contributed by atoms with Crippen LogP contribution in [0, 0.1) is 0 Å². The molecule has 0 aliphatic carbocycles. The highest BCUT2D eigenvalue weighted by molar-refractivity contribution is 5.83. The maximum absolute atomic E-state index is 12.3. The molecule has 1 heterocycles. The first kappa shape index (κ1) is 15.8. The van der Waals surface area contributed by atoms with E-state index in [4.69, 9.17) is 14.2 Å². The van der Waals surface area contributed by atoms with Gasteiger partial charge in [0.2, 0.25) is 0 Å². The van der Waals surface area contributed by atoms with Crippen molar-refractivity contribution in [1.29, 1.82) is 0 Å². The molecular formula is C13H23NO5. The predicted molar refractivity (Wildman–Crippen MR) is 68.5 cm³/mol. The van der Waals surface area contributed by atoms with E-state index >= 15 is 0 Å². The highest BCUT2D eigenvalue weighted by Crippen LogP contribution is 2.34. The molecule has 6 nitrogen and oxygen atoms in total. The molecule has 0 spiro atoms. The van der Waals surface area contributed by atoms with Crippen LogP contribution < -0.4 is 0 Å². The Morgan fingerprint density at radius 3 is 2.21 bits per heavy atom. The van der Waals surface area contributed by atoms with Gasteiger partial charge < -0.3 is 14.2 Å². The molecule has 1 saturated heterocycles. The van der Waals surface area contributed by atoms with Crippen molar-refractivity contribution >= 4 is 12.1 Å². The Kier molecular flexibility index (Phi) is 4.14. The molecule has 1 aliphatic rings. The molecule has 1 amide bonds. The maximum Gasteiger partial charge on any atom is 0.413 e. The summed E-state index contributed by atoms with van der Waals surface area (Å²) in [6, 6.07) is -0.796. The number of hydrogen-bond donors (Lipinski definition) is 0. The number of nitrogens with zero attached hydrogens (tertiary/aromatic N) is 1. The van der Waals surface area contributed by atoms with Crippen molar-refractivity contribution in [2.75, 3.05) is 7.11 Å². The molecular weight excluding hydrogens is 250 g/mol. The highest BCUT2D eigenvalue weighted by atomic mass is 16.6. The lowest BCUT2D eigenvalue weighted by atomic mass is 10.1. The summed E-state index contributed by atoms with van der Waals surface area (Å²) in [7, 11) is 1.29. The number of esters is 1. The Balaban J connectivity index is 3.04. The third kappa shape index (κ3) is 3.37. The van der Waals surface area contributed by atoms with Gasteiger partial charge in [0.15, 0.2) is 6.04 Å². The highest BCUT2D eigenvalue weighted by Gasteiger charge is 2.53. The van der Waals surface area contributed by atoms with Gasteiger partial charge in [-0.05, 0) is 41.5 Å². The predicted octanol–water partition coefficient (Wildman–Crippen LogP) is 1.92. The Bertz CT molecular complexity index is 372. The monoisotopic (exact) mass is 273 g/mol. The molecule has 0 aromatic heterocycles. The fourth-order valence-electron chi connectivity index (χ4n) is 2.18. The van der Waals surface area contributed by atoms with Gasteiger partial charge in [-0.3, -0.25) is 4.90 Å². The van der Waals surface area contributed by atoms with Crippen LogP contribution >= 0.6 is 0 Å². The van der Waals surface area contributed by atoms with Crippen molar-refractivity contribution < 1.29 is 23.8 Å². The van der Waals surface area contributed by atoms with E-state index in [1.165, 1.54) is 12.0 Å². The minimum Gasteiger partial charge on any atom is -0.467 e. The largest absolute Gasteiger partial charge is 0.467 e. The molecule has 0 radical (unpaired) electrons. The normalized spacial score (nSPS) is 26.2. The zero-order valence-corrected chi connectivity index (χ0v) is 12.6. The number of carbonyl (C=O) groups excluding carboxylic acids is 2. The number of ether oxygens (including phenoxy) is 3. The van der Waals surface area contributed by atoms with E-state index in [9.17, 15) is 9.59 Å². The molecule has 2 atom stereocenters. The lowest BCUT2D eigenvalue weighted by Gasteiger charge is -2.34. The van der Waals surface area contributed by atoms with Crippen molar-refractivity contribution in [3.63, 3.8) is 0 Å². The number of methoxy groups -OCH3 is 1. The van der Waals surface area contributed by atoms with Gasteiger partial charge in [-0.1, -0.05) is 0 Å². The molecule has 1 fully saturated rings. The van der Waals surface area contributed by atoms with Crippen molar-refractivity contribution in [3.05, 3.63) is 0 Å². The summed E-state index contributed by atoms with van der Waals surface area (Å²) in [5.74, 6) is -0.510. The van der Waals surface area contributed by atoms with Crippen LogP contribution in [0.15, 0.2) is 0 Å². The van der Waals surface area contributed by atoms with E-state index in [0.29, 0.717) is 0 Å². The van der Waals surface area contributed by atoms with Gasteiger partial charge in [-0.15, -0.1) is 0 Å². The zero-order valence-electron chi connectivity index (χ0n) is 12.6. The maximum atomic E-state index is 12.3. The van der Waals surface area contributed by atoms with E-state index < -0.39 is 35.5 Å². The van der Waals surface area contributed by atoms with Crippen LogP contribution in [0.1, 0.15) is 41.5 Å². The van der Waals surface area contributed by atoms with Crippen LogP contribution in [0.2, 0.25) is 0 Å². The Labute approximate surface area is 114 Å². The second kappa shape index (κ2) is 5.00. The standard InChI is InChI=1S/C13H23NO5/c1-8-9(10(15)17-7)14(13(5,6)18-8)11(16)19-12(2,3)4/h8-9H,1-7H3/t8-,9+/m1/s1. The first-order valence-corrected chi connectivity index (χ1v) is 6.27. The minimum atomic E-state index is -0.916. The summed E-state index contributed by atoms with van der Waals surface area (Å²) < 4.78 is 15.7. The summed E-state index contributed by atoms with van der Waals surface area (Å²) in [5.41, 5.74) is -1.56. The van der Waals surface area contributed by atoms with Crippen LogP contribution in [0.4, 0.5) is 4.79 Å². The zero-order chi connectivity index (χ0) is 15.0. The number of amides is 1. The fraction of sp³-hybridized carbons (Fsp3) is 0.846. The van der Waals surface area contributed by atoms with Gasteiger partial charge in [-0.2, -0.15) is 0 Å². The Morgan fingerprint density at radius 2 is 1.79 bits per heavy atom. The minimum absolute atomic E-state index is 0.449. The molecule has 6 heteroatoms. The quantitative estimate of drug-likeness (QED) is 0.683. The summed E-state index contributed by atoms with van der Waals surface area (Å²) in [5, 5.41) is 0. The van der Waals surface area contributed by atoms with E-state index in [2.05, 4.69) is 0 Å². The molecule has 0 N–H and O–H groups in total. The van der Waals surface area contributed by atoms with Crippen LogP contribution in [0.5, 0.6) is 0 Å². The van der Waals surface area contributed by atoms with Gasteiger partial charge in [0.1, 0.15) is 11.3 Å².